The van der Waals surface area contributed by atoms with E-state index in [1.54, 1.807) is 6.07 Å². The van der Waals surface area contributed by atoms with Gasteiger partial charge in [0.25, 0.3) is 0 Å². The van der Waals surface area contributed by atoms with Crippen molar-refractivity contribution in [2.24, 2.45) is 0 Å². The Balaban J connectivity index is 2.07. The van der Waals surface area contributed by atoms with Crippen molar-refractivity contribution in [1.29, 1.82) is 0 Å². The topological polar surface area (TPSA) is 78.9 Å². The zero-order valence-corrected chi connectivity index (χ0v) is 11.3. The summed E-state index contributed by atoms with van der Waals surface area (Å²) >= 11 is 0. The van der Waals surface area contributed by atoms with Crippen LogP contribution in [-0.2, 0) is 11.3 Å². The molecule has 0 bridgehead atoms. The number of rotatable bonds is 5. The molecule has 2 aromatic rings. The lowest BCUT2D eigenvalue weighted by molar-refractivity contribution is -0.174. The van der Waals surface area contributed by atoms with E-state index >= 15 is 0 Å². The van der Waals surface area contributed by atoms with Gasteiger partial charge in [0.1, 0.15) is 6.61 Å². The number of nitrogens with two attached hydrogens (primary N) is 1. The van der Waals surface area contributed by atoms with Gasteiger partial charge in [-0.2, -0.15) is 13.2 Å². The van der Waals surface area contributed by atoms with Gasteiger partial charge in [-0.3, -0.25) is 0 Å². The molecule has 0 unspecified atom stereocenters. The van der Waals surface area contributed by atoms with Crippen molar-refractivity contribution in [1.82, 2.24) is 20.2 Å². The zero-order valence-electron chi connectivity index (χ0n) is 11.3. The molecule has 0 fully saturated rings. The second-order valence-corrected chi connectivity index (χ2v) is 4.48. The van der Waals surface area contributed by atoms with Crippen molar-refractivity contribution in [3.05, 3.63) is 23.8 Å². The highest BCUT2D eigenvalue weighted by Crippen LogP contribution is 2.24. The van der Waals surface area contributed by atoms with Crippen molar-refractivity contribution in [2.75, 3.05) is 18.9 Å². The zero-order chi connectivity index (χ0) is 15.5. The fourth-order valence-electron chi connectivity index (χ4n) is 1.75. The number of nitrogens with zero attached hydrogens (tertiary/aromatic N) is 4. The van der Waals surface area contributed by atoms with E-state index in [4.69, 9.17) is 5.73 Å². The van der Waals surface area contributed by atoms with Crippen molar-refractivity contribution in [2.45, 2.75) is 19.6 Å². The summed E-state index contributed by atoms with van der Waals surface area (Å²) in [4.78, 5) is 0. The Morgan fingerprint density at radius 2 is 2.10 bits per heavy atom. The van der Waals surface area contributed by atoms with Crippen LogP contribution in [0, 0.1) is 6.92 Å². The second kappa shape index (κ2) is 6.08. The Bertz CT molecular complexity index is 611. The van der Waals surface area contributed by atoms with E-state index in [0.717, 1.165) is 5.56 Å². The number of aryl methyl sites for hydroxylation is 1. The van der Waals surface area contributed by atoms with Crippen molar-refractivity contribution >= 4 is 5.69 Å². The molecule has 0 aliphatic rings. The maximum absolute atomic E-state index is 12.0. The number of hydrogen-bond donors (Lipinski definition) is 1. The minimum atomic E-state index is -4.34. The second-order valence-electron chi connectivity index (χ2n) is 4.48. The number of hydrogen-bond acceptors (Lipinski definition) is 5. The summed E-state index contributed by atoms with van der Waals surface area (Å²) in [6.45, 7) is 0.551. The summed E-state index contributed by atoms with van der Waals surface area (Å²) in [7, 11) is 0. The molecule has 1 heterocycles. The van der Waals surface area contributed by atoms with Gasteiger partial charge in [0.2, 0.25) is 0 Å². The standard InChI is InChI=1S/C12H14F3N5O/c1-8-2-3-10(16)9(6-8)11-17-18-19-20(11)4-5-21-7-12(13,14)15/h2-3,6H,4-5,7,16H2,1H3. The highest BCUT2D eigenvalue weighted by Gasteiger charge is 2.27. The molecule has 21 heavy (non-hydrogen) atoms. The molecule has 114 valence electrons. The van der Waals surface area contributed by atoms with Gasteiger partial charge in [-0.05, 0) is 29.5 Å². The number of nitrogen functional groups attached to an aromatic ring is 1. The first-order chi connectivity index (χ1) is 9.87. The molecule has 0 radical (unpaired) electrons. The minimum absolute atomic E-state index is 0.103. The molecule has 0 atom stereocenters. The first kappa shape index (κ1) is 15.2. The quantitative estimate of drug-likeness (QED) is 0.673. The van der Waals surface area contributed by atoms with E-state index < -0.39 is 12.8 Å². The van der Waals surface area contributed by atoms with E-state index in [1.807, 2.05) is 19.1 Å². The van der Waals surface area contributed by atoms with E-state index in [0.29, 0.717) is 17.1 Å². The fourth-order valence-corrected chi connectivity index (χ4v) is 1.75. The summed E-state index contributed by atoms with van der Waals surface area (Å²) in [5.74, 6) is 0.395. The lowest BCUT2D eigenvalue weighted by Gasteiger charge is -2.09. The van der Waals surface area contributed by atoms with Crippen molar-refractivity contribution in [3.63, 3.8) is 0 Å². The summed E-state index contributed by atoms with van der Waals surface area (Å²) < 4.78 is 41.8. The molecule has 0 aliphatic carbocycles. The summed E-state index contributed by atoms with van der Waals surface area (Å²) in [5.41, 5.74) is 7.98. The van der Waals surface area contributed by atoms with Gasteiger partial charge in [0, 0.05) is 11.3 Å². The van der Waals surface area contributed by atoms with Crippen LogP contribution in [0.15, 0.2) is 18.2 Å². The van der Waals surface area contributed by atoms with Gasteiger partial charge in [0.15, 0.2) is 5.82 Å². The Morgan fingerprint density at radius 3 is 2.81 bits per heavy atom. The van der Waals surface area contributed by atoms with Crippen LogP contribution in [0.1, 0.15) is 5.56 Å². The van der Waals surface area contributed by atoms with Crippen LogP contribution in [-0.4, -0.2) is 39.6 Å². The Labute approximate surface area is 118 Å². The molecule has 2 rings (SSSR count). The predicted octanol–water partition coefficient (Wildman–Crippen LogP) is 1.81. The van der Waals surface area contributed by atoms with Crippen LogP contribution in [0.3, 0.4) is 0 Å². The van der Waals surface area contributed by atoms with Gasteiger partial charge in [-0.25, -0.2) is 4.68 Å². The van der Waals surface area contributed by atoms with E-state index in [-0.39, 0.29) is 13.2 Å². The lowest BCUT2D eigenvalue weighted by atomic mass is 10.1. The molecule has 0 saturated heterocycles. The van der Waals surface area contributed by atoms with Crippen molar-refractivity contribution in [3.8, 4) is 11.4 Å². The predicted molar refractivity (Wildman–Crippen MR) is 69.3 cm³/mol. The molecule has 0 saturated carbocycles. The smallest absolute Gasteiger partial charge is 0.398 e. The van der Waals surface area contributed by atoms with E-state index in [9.17, 15) is 13.2 Å². The van der Waals surface area contributed by atoms with Gasteiger partial charge in [-0.1, -0.05) is 11.6 Å². The number of halogens is 3. The van der Waals surface area contributed by atoms with Crippen LogP contribution >= 0.6 is 0 Å². The van der Waals surface area contributed by atoms with Gasteiger partial charge >= 0.3 is 6.18 Å². The van der Waals surface area contributed by atoms with Gasteiger partial charge < -0.3 is 10.5 Å². The first-order valence-electron chi connectivity index (χ1n) is 6.14. The molecule has 2 N–H and O–H groups in total. The molecular weight excluding hydrogens is 287 g/mol. The number of anilines is 1. The number of aromatic nitrogens is 4. The third-order valence-electron chi connectivity index (χ3n) is 2.69. The largest absolute Gasteiger partial charge is 0.411 e. The van der Waals surface area contributed by atoms with E-state index in [2.05, 4.69) is 20.3 Å². The fraction of sp³-hybridized carbons (Fsp3) is 0.417. The average molecular weight is 301 g/mol. The summed E-state index contributed by atoms with van der Waals surface area (Å²) in [6, 6.07) is 5.39. The molecule has 0 spiro atoms. The van der Waals surface area contributed by atoms with Gasteiger partial charge in [-0.15, -0.1) is 5.10 Å². The highest BCUT2D eigenvalue weighted by molar-refractivity contribution is 5.71. The monoisotopic (exact) mass is 301 g/mol. The number of ether oxygens (including phenoxy) is 1. The maximum atomic E-state index is 12.0. The first-order valence-corrected chi connectivity index (χ1v) is 6.14. The molecule has 9 heteroatoms. The van der Waals surface area contributed by atoms with Crippen LogP contribution in [0.5, 0.6) is 0 Å². The number of benzene rings is 1. The number of tetrazole rings is 1. The summed E-state index contributed by atoms with van der Waals surface area (Å²) in [6.07, 6.45) is -4.34. The Morgan fingerprint density at radius 1 is 1.33 bits per heavy atom. The molecule has 0 aliphatic heterocycles. The average Bonchev–Trinajstić information content (AvgIpc) is 2.85. The normalized spacial score (nSPS) is 11.8. The SMILES string of the molecule is Cc1ccc(N)c(-c2nnnn2CCOCC(F)(F)F)c1. The molecular formula is C12H14F3N5O. The van der Waals surface area contributed by atoms with Crippen molar-refractivity contribution < 1.29 is 17.9 Å². The Hall–Kier alpha value is -2.16. The molecule has 1 aromatic heterocycles. The maximum Gasteiger partial charge on any atom is 0.411 e. The van der Waals surface area contributed by atoms with Crippen LogP contribution in [0.2, 0.25) is 0 Å². The third-order valence-corrected chi connectivity index (χ3v) is 2.69. The molecule has 1 aromatic carbocycles. The number of alkyl halides is 3. The molecule has 6 nitrogen and oxygen atoms in total. The van der Waals surface area contributed by atoms with Crippen LogP contribution in [0.4, 0.5) is 18.9 Å². The van der Waals surface area contributed by atoms with E-state index in [1.165, 1.54) is 4.68 Å². The van der Waals surface area contributed by atoms with Crippen LogP contribution in [0.25, 0.3) is 11.4 Å². The highest BCUT2D eigenvalue weighted by atomic mass is 19.4. The van der Waals surface area contributed by atoms with Crippen LogP contribution < -0.4 is 5.73 Å². The molecule has 0 amide bonds. The Kier molecular flexibility index (Phi) is 4.41. The minimum Gasteiger partial charge on any atom is -0.398 e. The van der Waals surface area contributed by atoms with Gasteiger partial charge in [0.05, 0.1) is 13.2 Å². The lowest BCUT2D eigenvalue weighted by Crippen LogP contribution is -2.19. The third kappa shape index (κ3) is 4.15. The summed E-state index contributed by atoms with van der Waals surface area (Å²) in [5, 5.41) is 11.1.